The van der Waals surface area contributed by atoms with Crippen molar-refractivity contribution in [1.29, 1.82) is 0 Å². The normalized spacial score (nSPS) is 14.0. The molecule has 0 radical (unpaired) electrons. The lowest BCUT2D eigenvalue weighted by Crippen LogP contribution is -2.54. The van der Waals surface area contributed by atoms with E-state index in [0.717, 1.165) is 0 Å². The van der Waals surface area contributed by atoms with Crippen LogP contribution in [-0.4, -0.2) is 44.3 Å². The molecule has 0 saturated carbocycles. The summed E-state index contributed by atoms with van der Waals surface area (Å²) in [7, 11) is 1.77. The molecule has 2 aromatic heterocycles. The summed E-state index contributed by atoms with van der Waals surface area (Å²) in [5, 5.41) is 6.46. The predicted molar refractivity (Wildman–Crippen MR) is 105 cm³/mol. The first-order chi connectivity index (χ1) is 13.9. The Labute approximate surface area is 166 Å². The number of carbonyl (C=O) groups is 2. The van der Waals surface area contributed by atoms with E-state index in [0.29, 0.717) is 17.1 Å². The van der Waals surface area contributed by atoms with Crippen LogP contribution in [0.2, 0.25) is 0 Å². The van der Waals surface area contributed by atoms with Crippen molar-refractivity contribution in [3.8, 4) is 5.69 Å². The van der Waals surface area contributed by atoms with Gasteiger partial charge >= 0.3 is 0 Å². The van der Waals surface area contributed by atoms with Crippen molar-refractivity contribution in [2.45, 2.75) is 13.8 Å². The van der Waals surface area contributed by atoms with Gasteiger partial charge in [-0.3, -0.25) is 19.1 Å². The maximum Gasteiger partial charge on any atom is 0.295 e. The fraction of sp³-hybridized carbons (Fsp3) is 0.300. The van der Waals surface area contributed by atoms with Crippen LogP contribution in [0, 0.1) is 19.8 Å². The minimum atomic E-state index is -0.379. The lowest BCUT2D eigenvalue weighted by atomic mass is 9.98. The van der Waals surface area contributed by atoms with Crippen LogP contribution in [0.25, 0.3) is 5.69 Å². The van der Waals surface area contributed by atoms with Crippen molar-refractivity contribution in [2.24, 2.45) is 13.0 Å². The first-order valence-corrected chi connectivity index (χ1v) is 9.24. The molecule has 3 heterocycles. The molecule has 0 atom stereocenters. The number of benzene rings is 1. The van der Waals surface area contributed by atoms with Gasteiger partial charge in [-0.15, -0.1) is 0 Å². The van der Waals surface area contributed by atoms with Crippen LogP contribution in [0.4, 0.5) is 5.69 Å². The van der Waals surface area contributed by atoms with Crippen LogP contribution in [-0.2, 0) is 11.8 Å². The van der Waals surface area contributed by atoms with Crippen LogP contribution in [0.15, 0.2) is 45.7 Å². The standard InChI is InChI=1S/C20H21N5O4/c1-12-9-16(22-29-12)19(27)24-10-14(11-24)18(26)21-17-13(2)23(3)25(20(17)28)15-7-5-4-6-8-15/h4-9,14H,10-11H2,1-3H3,(H,21,26). The number of hydrogen-bond donors (Lipinski definition) is 1. The number of para-hydroxylation sites is 1. The molecule has 0 aliphatic carbocycles. The van der Waals surface area contributed by atoms with E-state index in [1.807, 2.05) is 30.3 Å². The van der Waals surface area contributed by atoms with Crippen LogP contribution in [0.3, 0.4) is 0 Å². The van der Waals surface area contributed by atoms with E-state index in [1.54, 1.807) is 31.6 Å². The molecular weight excluding hydrogens is 374 g/mol. The quantitative estimate of drug-likeness (QED) is 0.721. The summed E-state index contributed by atoms with van der Waals surface area (Å²) in [6, 6.07) is 10.8. The number of aromatic nitrogens is 3. The van der Waals surface area contributed by atoms with Gasteiger partial charge in [0, 0.05) is 26.2 Å². The summed E-state index contributed by atoms with van der Waals surface area (Å²) in [6.07, 6.45) is 0. The third kappa shape index (κ3) is 3.24. The maximum absolute atomic E-state index is 12.9. The predicted octanol–water partition coefficient (Wildman–Crippen LogP) is 1.49. The molecule has 150 valence electrons. The minimum absolute atomic E-state index is 0.228. The van der Waals surface area contributed by atoms with E-state index in [9.17, 15) is 14.4 Å². The van der Waals surface area contributed by atoms with Gasteiger partial charge in [-0.25, -0.2) is 4.68 Å². The van der Waals surface area contributed by atoms with Gasteiger partial charge in [0.05, 0.1) is 17.3 Å². The molecule has 0 unspecified atom stereocenters. The number of carbonyl (C=O) groups excluding carboxylic acids is 2. The van der Waals surface area contributed by atoms with Gasteiger partial charge in [0.15, 0.2) is 5.69 Å². The van der Waals surface area contributed by atoms with Gasteiger partial charge in [-0.05, 0) is 26.0 Å². The summed E-state index contributed by atoms with van der Waals surface area (Å²) in [4.78, 5) is 39.3. The molecule has 0 bridgehead atoms. The average molecular weight is 395 g/mol. The highest BCUT2D eigenvalue weighted by Gasteiger charge is 2.37. The molecule has 1 saturated heterocycles. The largest absolute Gasteiger partial charge is 0.361 e. The van der Waals surface area contributed by atoms with E-state index in [2.05, 4.69) is 10.5 Å². The summed E-state index contributed by atoms with van der Waals surface area (Å²) in [6.45, 7) is 4.03. The first-order valence-electron chi connectivity index (χ1n) is 9.24. The lowest BCUT2D eigenvalue weighted by Gasteiger charge is -2.37. The number of amides is 2. The molecule has 9 heteroatoms. The molecule has 1 aliphatic rings. The molecule has 1 aliphatic heterocycles. The minimum Gasteiger partial charge on any atom is -0.361 e. The molecule has 4 rings (SSSR count). The first kappa shape index (κ1) is 18.7. The number of likely N-dealkylation sites (tertiary alicyclic amines) is 1. The molecule has 9 nitrogen and oxygen atoms in total. The second kappa shape index (κ2) is 7.08. The summed E-state index contributed by atoms with van der Waals surface area (Å²) in [5.74, 6) is -0.377. The summed E-state index contributed by atoms with van der Waals surface area (Å²) in [5.41, 5.74) is 1.54. The second-order valence-electron chi connectivity index (χ2n) is 7.16. The van der Waals surface area contributed by atoms with Gasteiger partial charge in [-0.2, -0.15) is 0 Å². The second-order valence-corrected chi connectivity index (χ2v) is 7.16. The van der Waals surface area contributed by atoms with Crippen molar-refractivity contribution in [1.82, 2.24) is 19.4 Å². The number of nitrogens with one attached hydrogen (secondary N) is 1. The van der Waals surface area contributed by atoms with E-state index >= 15 is 0 Å². The lowest BCUT2D eigenvalue weighted by molar-refractivity contribution is -0.123. The Balaban J connectivity index is 1.46. The monoisotopic (exact) mass is 395 g/mol. The number of aryl methyl sites for hydroxylation is 1. The summed E-state index contributed by atoms with van der Waals surface area (Å²) < 4.78 is 8.13. The molecule has 1 fully saturated rings. The Morgan fingerprint density at radius 3 is 2.48 bits per heavy atom. The van der Waals surface area contributed by atoms with E-state index in [4.69, 9.17) is 4.52 Å². The highest BCUT2D eigenvalue weighted by atomic mass is 16.5. The van der Waals surface area contributed by atoms with Gasteiger partial charge in [0.1, 0.15) is 11.4 Å². The van der Waals surface area contributed by atoms with E-state index in [-0.39, 0.29) is 47.8 Å². The third-order valence-corrected chi connectivity index (χ3v) is 5.19. The highest BCUT2D eigenvalue weighted by Crippen LogP contribution is 2.21. The zero-order valence-electron chi connectivity index (χ0n) is 16.4. The molecule has 3 aromatic rings. The number of rotatable bonds is 4. The number of anilines is 1. The van der Waals surface area contributed by atoms with Gasteiger partial charge < -0.3 is 14.7 Å². The molecule has 2 amide bonds. The topological polar surface area (TPSA) is 102 Å². The van der Waals surface area contributed by atoms with Crippen LogP contribution in [0.1, 0.15) is 21.9 Å². The number of nitrogens with zero attached hydrogens (tertiary/aromatic N) is 4. The van der Waals surface area contributed by atoms with E-state index < -0.39 is 0 Å². The van der Waals surface area contributed by atoms with Crippen LogP contribution in [0.5, 0.6) is 0 Å². The van der Waals surface area contributed by atoms with Crippen molar-refractivity contribution >= 4 is 17.5 Å². The van der Waals surface area contributed by atoms with Crippen molar-refractivity contribution in [3.05, 3.63) is 63.9 Å². The fourth-order valence-corrected chi connectivity index (χ4v) is 3.38. The molecule has 1 aromatic carbocycles. The maximum atomic E-state index is 12.9. The zero-order valence-corrected chi connectivity index (χ0v) is 16.4. The Hall–Kier alpha value is -3.62. The van der Waals surface area contributed by atoms with Crippen LogP contribution < -0.4 is 10.9 Å². The van der Waals surface area contributed by atoms with Crippen molar-refractivity contribution < 1.29 is 14.1 Å². The summed E-state index contributed by atoms with van der Waals surface area (Å²) >= 11 is 0. The van der Waals surface area contributed by atoms with Crippen LogP contribution >= 0.6 is 0 Å². The molecular formula is C20H21N5O4. The smallest absolute Gasteiger partial charge is 0.295 e. The third-order valence-electron chi connectivity index (χ3n) is 5.19. The zero-order chi connectivity index (χ0) is 20.7. The highest BCUT2D eigenvalue weighted by molar-refractivity contribution is 5.97. The van der Waals surface area contributed by atoms with Gasteiger partial charge in [0.25, 0.3) is 11.5 Å². The molecule has 29 heavy (non-hydrogen) atoms. The Morgan fingerprint density at radius 1 is 1.17 bits per heavy atom. The SMILES string of the molecule is Cc1cc(C(=O)N2CC(C(=O)Nc3c(C)n(C)n(-c4ccccc4)c3=O)C2)no1. The van der Waals surface area contributed by atoms with E-state index in [1.165, 1.54) is 9.58 Å². The van der Waals surface area contributed by atoms with Gasteiger partial charge in [0.2, 0.25) is 5.91 Å². The van der Waals surface area contributed by atoms with Crippen molar-refractivity contribution in [2.75, 3.05) is 18.4 Å². The Bertz CT molecular complexity index is 1140. The molecule has 0 spiro atoms. The average Bonchev–Trinajstić information content (AvgIpc) is 3.19. The molecule has 1 N–H and O–H groups in total. The van der Waals surface area contributed by atoms with Gasteiger partial charge in [-0.1, -0.05) is 23.4 Å². The van der Waals surface area contributed by atoms with Crippen molar-refractivity contribution in [3.63, 3.8) is 0 Å². The fourth-order valence-electron chi connectivity index (χ4n) is 3.38. The Morgan fingerprint density at radius 2 is 1.86 bits per heavy atom. The Kier molecular flexibility index (Phi) is 4.57. The number of hydrogen-bond acceptors (Lipinski definition) is 5.